The minimum absolute atomic E-state index is 1.06. The van der Waals surface area contributed by atoms with Crippen molar-refractivity contribution in [3.63, 3.8) is 0 Å². The molecule has 2 aromatic carbocycles. The van der Waals surface area contributed by atoms with Crippen LogP contribution >= 0.6 is 22.6 Å². The lowest BCUT2D eigenvalue weighted by atomic mass is 10.1. The van der Waals surface area contributed by atoms with Gasteiger partial charge in [0.25, 0.3) is 0 Å². The molecular weight excluding hydrogens is 321 g/mol. The molecule has 0 radical (unpaired) electrons. The lowest BCUT2D eigenvalue weighted by Crippen LogP contribution is -1.89. The van der Waals surface area contributed by atoms with Crippen LogP contribution in [0.1, 0.15) is 0 Å². The summed E-state index contributed by atoms with van der Waals surface area (Å²) in [6, 6.07) is 18.7. The summed E-state index contributed by atoms with van der Waals surface area (Å²) in [4.78, 5) is 4.57. The van der Waals surface area contributed by atoms with Gasteiger partial charge in [0.15, 0.2) is 0 Å². The first-order valence-electron chi connectivity index (χ1n) is 5.45. The van der Waals surface area contributed by atoms with Gasteiger partial charge in [-0.05, 0) is 28.0 Å². The zero-order valence-electron chi connectivity index (χ0n) is 9.10. The molecule has 82 valence electrons. The summed E-state index contributed by atoms with van der Waals surface area (Å²) in [7, 11) is 0. The summed E-state index contributed by atoms with van der Waals surface area (Å²) in [6.07, 6.45) is 1.94. The van der Waals surface area contributed by atoms with E-state index in [1.807, 2.05) is 30.5 Å². The number of pyridine rings is 1. The smallest absolute Gasteiger partial charge is 0.0841 e. The number of hydrogen-bond acceptors (Lipinski definition) is 1. The van der Waals surface area contributed by atoms with E-state index in [-0.39, 0.29) is 0 Å². The van der Waals surface area contributed by atoms with Gasteiger partial charge in [0, 0.05) is 20.7 Å². The van der Waals surface area contributed by atoms with Crippen LogP contribution in [0.3, 0.4) is 0 Å². The summed E-state index contributed by atoms with van der Waals surface area (Å²) in [6.45, 7) is 0. The predicted octanol–water partition coefficient (Wildman–Crippen LogP) is 4.51. The van der Waals surface area contributed by atoms with E-state index >= 15 is 0 Å². The average Bonchev–Trinajstić information content (AvgIpc) is 2.40. The molecule has 0 fully saturated rings. The molecule has 0 aliphatic heterocycles. The molecule has 1 aromatic heterocycles. The van der Waals surface area contributed by atoms with Gasteiger partial charge in [-0.25, -0.2) is 0 Å². The van der Waals surface area contributed by atoms with Crippen LogP contribution < -0.4 is 0 Å². The van der Waals surface area contributed by atoms with Crippen LogP contribution in [-0.4, -0.2) is 4.98 Å². The third-order valence-corrected chi connectivity index (χ3v) is 3.88. The van der Waals surface area contributed by atoms with Crippen molar-refractivity contribution in [2.75, 3.05) is 0 Å². The Morgan fingerprint density at radius 2 is 1.53 bits per heavy atom. The van der Waals surface area contributed by atoms with E-state index < -0.39 is 0 Å². The molecular formula is C15H10IN. The van der Waals surface area contributed by atoms with Gasteiger partial charge in [-0.1, -0.05) is 54.6 Å². The molecule has 17 heavy (non-hydrogen) atoms. The second-order valence-corrected chi connectivity index (χ2v) is 4.95. The van der Waals surface area contributed by atoms with Crippen LogP contribution in [0.5, 0.6) is 0 Å². The first kappa shape index (κ1) is 10.7. The second-order valence-electron chi connectivity index (χ2n) is 3.87. The van der Waals surface area contributed by atoms with E-state index in [4.69, 9.17) is 0 Å². The molecule has 0 atom stereocenters. The van der Waals surface area contributed by atoms with Gasteiger partial charge in [0.1, 0.15) is 0 Å². The maximum Gasteiger partial charge on any atom is 0.0841 e. The van der Waals surface area contributed by atoms with Crippen LogP contribution in [0.25, 0.3) is 22.0 Å². The number of nitrogens with zero attached hydrogens (tertiary/aromatic N) is 1. The molecule has 0 amide bonds. The largest absolute Gasteiger partial charge is 0.254 e. The Kier molecular flexibility index (Phi) is 2.81. The number of rotatable bonds is 1. The van der Waals surface area contributed by atoms with Gasteiger partial charge in [0.2, 0.25) is 0 Å². The quantitative estimate of drug-likeness (QED) is 0.598. The fourth-order valence-corrected chi connectivity index (χ4v) is 2.87. The normalized spacial score (nSPS) is 10.6. The van der Waals surface area contributed by atoms with Crippen molar-refractivity contribution in [3.8, 4) is 11.3 Å². The van der Waals surface area contributed by atoms with Crippen molar-refractivity contribution in [1.29, 1.82) is 0 Å². The first-order valence-corrected chi connectivity index (χ1v) is 6.53. The molecule has 1 heterocycles. The highest BCUT2D eigenvalue weighted by atomic mass is 127. The van der Waals surface area contributed by atoms with Gasteiger partial charge in [0.05, 0.1) is 5.69 Å². The highest BCUT2D eigenvalue weighted by Gasteiger charge is 2.07. The van der Waals surface area contributed by atoms with Crippen LogP contribution in [-0.2, 0) is 0 Å². The predicted molar refractivity (Wildman–Crippen MR) is 79.9 cm³/mol. The zero-order valence-corrected chi connectivity index (χ0v) is 11.3. The van der Waals surface area contributed by atoms with Crippen molar-refractivity contribution in [2.24, 2.45) is 0 Å². The minimum Gasteiger partial charge on any atom is -0.254 e. The highest BCUT2D eigenvalue weighted by Crippen LogP contribution is 2.28. The molecule has 0 aliphatic carbocycles. The highest BCUT2D eigenvalue weighted by molar-refractivity contribution is 14.1. The Balaban J connectivity index is 2.29. The molecule has 0 spiro atoms. The van der Waals surface area contributed by atoms with Gasteiger partial charge in [-0.3, -0.25) is 4.98 Å². The number of benzene rings is 2. The SMILES string of the molecule is Ic1c(-c2ccccc2)ncc2ccccc12. The third kappa shape index (κ3) is 1.93. The molecule has 0 N–H and O–H groups in total. The second kappa shape index (κ2) is 4.45. The number of aromatic nitrogens is 1. The van der Waals surface area contributed by atoms with E-state index in [0.717, 1.165) is 5.69 Å². The zero-order chi connectivity index (χ0) is 11.7. The van der Waals surface area contributed by atoms with Crippen LogP contribution in [0.15, 0.2) is 60.8 Å². The molecule has 3 aromatic rings. The standard InChI is InChI=1S/C15H10IN/c16-14-13-9-5-4-8-12(13)10-17-15(14)11-6-2-1-3-7-11/h1-10H. The molecule has 2 heteroatoms. The number of fused-ring (bicyclic) bond motifs is 1. The average molecular weight is 331 g/mol. The molecule has 0 bridgehead atoms. The lowest BCUT2D eigenvalue weighted by molar-refractivity contribution is 1.34. The summed E-state index contributed by atoms with van der Waals surface area (Å²) in [5.41, 5.74) is 2.23. The summed E-state index contributed by atoms with van der Waals surface area (Å²) in [5.74, 6) is 0. The monoisotopic (exact) mass is 331 g/mol. The maximum atomic E-state index is 4.57. The van der Waals surface area contributed by atoms with Gasteiger partial charge < -0.3 is 0 Å². The molecule has 0 aliphatic rings. The summed E-state index contributed by atoms with van der Waals surface area (Å²) >= 11 is 2.38. The van der Waals surface area contributed by atoms with E-state index in [2.05, 4.69) is 57.9 Å². The van der Waals surface area contributed by atoms with Crippen molar-refractivity contribution >= 4 is 33.4 Å². The topological polar surface area (TPSA) is 12.9 Å². The summed E-state index contributed by atoms with van der Waals surface area (Å²) in [5, 5.41) is 2.46. The fraction of sp³-hybridized carbons (Fsp3) is 0. The van der Waals surface area contributed by atoms with Gasteiger partial charge in [-0.15, -0.1) is 0 Å². The van der Waals surface area contributed by atoms with Crippen molar-refractivity contribution in [1.82, 2.24) is 4.98 Å². The Hall–Kier alpha value is -1.42. The summed E-state index contributed by atoms with van der Waals surface area (Å²) < 4.78 is 1.21. The third-order valence-electron chi connectivity index (χ3n) is 2.79. The van der Waals surface area contributed by atoms with Crippen LogP contribution in [0, 0.1) is 3.57 Å². The number of hydrogen-bond donors (Lipinski definition) is 0. The van der Waals surface area contributed by atoms with E-state index in [0.29, 0.717) is 0 Å². The van der Waals surface area contributed by atoms with Crippen LogP contribution in [0.2, 0.25) is 0 Å². The minimum atomic E-state index is 1.06. The Bertz CT molecular complexity index is 662. The van der Waals surface area contributed by atoms with E-state index in [9.17, 15) is 0 Å². The van der Waals surface area contributed by atoms with Crippen LogP contribution in [0.4, 0.5) is 0 Å². The molecule has 1 nitrogen and oxygen atoms in total. The van der Waals surface area contributed by atoms with Crippen molar-refractivity contribution in [3.05, 3.63) is 64.4 Å². The number of halogens is 1. The van der Waals surface area contributed by atoms with Crippen molar-refractivity contribution < 1.29 is 0 Å². The molecule has 0 saturated carbocycles. The first-order chi connectivity index (χ1) is 8.36. The van der Waals surface area contributed by atoms with E-state index in [1.54, 1.807) is 0 Å². The van der Waals surface area contributed by atoms with Gasteiger partial charge >= 0.3 is 0 Å². The molecule has 0 unspecified atom stereocenters. The molecule has 3 rings (SSSR count). The lowest BCUT2D eigenvalue weighted by Gasteiger charge is -2.07. The Morgan fingerprint density at radius 3 is 2.35 bits per heavy atom. The fourth-order valence-electron chi connectivity index (χ4n) is 1.93. The maximum absolute atomic E-state index is 4.57. The van der Waals surface area contributed by atoms with Crippen molar-refractivity contribution in [2.45, 2.75) is 0 Å². The molecule has 0 saturated heterocycles. The van der Waals surface area contributed by atoms with E-state index in [1.165, 1.54) is 19.9 Å². The van der Waals surface area contributed by atoms with Gasteiger partial charge in [-0.2, -0.15) is 0 Å². The Morgan fingerprint density at radius 1 is 0.824 bits per heavy atom. The Labute approximate surface area is 114 Å².